The highest BCUT2D eigenvalue weighted by molar-refractivity contribution is 7.98. The van der Waals surface area contributed by atoms with Gasteiger partial charge in [-0.15, -0.1) is 0 Å². The first-order valence-electron chi connectivity index (χ1n) is 22.9. The number of ether oxygens (including phenoxy) is 2. The maximum atomic E-state index is 14.5. The Hall–Kier alpha value is -4.52. The summed E-state index contributed by atoms with van der Waals surface area (Å²) >= 11 is 0.403. The van der Waals surface area contributed by atoms with Crippen LogP contribution in [-0.4, -0.2) is 95.0 Å². The summed E-state index contributed by atoms with van der Waals surface area (Å²) in [5.41, 5.74) is 0.543. The highest BCUT2D eigenvalue weighted by Crippen LogP contribution is 2.62. The van der Waals surface area contributed by atoms with Gasteiger partial charge in [-0.2, -0.15) is 138 Å². The van der Waals surface area contributed by atoms with Gasteiger partial charge in [0.15, 0.2) is 0 Å². The number of hydrogen-bond donors (Lipinski definition) is 0. The molecule has 0 saturated heterocycles. The summed E-state index contributed by atoms with van der Waals surface area (Å²) in [6.07, 6.45) is -18.2. The average Bonchev–Trinajstić information content (AvgIpc) is 3.33. The Kier molecular flexibility index (Phi) is 21.2. The van der Waals surface area contributed by atoms with Crippen LogP contribution in [-0.2, 0) is 17.9 Å². The van der Waals surface area contributed by atoms with Gasteiger partial charge in [0.2, 0.25) is 0 Å². The molecular formula is C48H44F26O4S2. The zero-order chi connectivity index (χ0) is 62.1. The van der Waals surface area contributed by atoms with Crippen LogP contribution in [0.1, 0.15) is 113 Å². The maximum absolute atomic E-state index is 14.5. The molecule has 0 fully saturated rings. The van der Waals surface area contributed by atoms with Crippen molar-refractivity contribution in [1.29, 1.82) is 0 Å². The molecule has 4 nitrogen and oxygen atoms in total. The molecule has 3 rings (SSSR count). The van der Waals surface area contributed by atoms with Crippen LogP contribution < -0.4 is 9.47 Å². The number of carbonyl (C=O) groups is 2. The molecule has 80 heavy (non-hydrogen) atoms. The second kappa shape index (κ2) is 24.4. The standard InChI is InChI=1S/C48H44F26O4S2/c1-6-8-9-27-18-25(4)33(31(20-27)22-79-16-14-37(49,50)39(53,54)41(57,58)43(61,62)45(65,66)47(69,70)71)77-35(75)28-10-12-29(13-11-28)36(76)78-34-26(5)19-30(24(3)7-2)21-32(34)23-80-17-15-38(51,52)40(55,56)42(59,60)44(63,64)46(67,68)48(72,73)74/h10-13,18-21,24H,6-9,14-17,22-23H2,1-5H3. The summed E-state index contributed by atoms with van der Waals surface area (Å²) in [5.74, 6) is -82.8. The van der Waals surface area contributed by atoms with E-state index in [0.717, 1.165) is 24.3 Å². The highest BCUT2D eigenvalue weighted by Gasteiger charge is 2.92. The van der Waals surface area contributed by atoms with Crippen molar-refractivity contribution in [3.8, 4) is 11.5 Å². The second-order valence-electron chi connectivity index (χ2n) is 18.1. The van der Waals surface area contributed by atoms with Crippen LogP contribution >= 0.6 is 23.5 Å². The van der Waals surface area contributed by atoms with E-state index in [9.17, 15) is 124 Å². The fourth-order valence-electron chi connectivity index (χ4n) is 7.09. The monoisotopic (exact) mass is 1240 g/mol. The quantitative estimate of drug-likeness (QED) is 0.0328. The van der Waals surface area contributed by atoms with Crippen molar-refractivity contribution < 1.29 is 133 Å². The molecule has 0 aliphatic heterocycles. The lowest BCUT2D eigenvalue weighted by atomic mass is 9.93. The third-order valence-corrected chi connectivity index (χ3v) is 14.2. The first-order chi connectivity index (χ1) is 36.0. The molecule has 0 N–H and O–H groups in total. The van der Waals surface area contributed by atoms with Gasteiger partial charge in [0, 0.05) is 35.5 Å². The van der Waals surface area contributed by atoms with E-state index in [1.165, 1.54) is 38.1 Å². The Morgan fingerprint density at radius 1 is 0.475 bits per heavy atom. The van der Waals surface area contributed by atoms with Crippen molar-refractivity contribution in [2.24, 2.45) is 0 Å². The van der Waals surface area contributed by atoms with Crippen LogP contribution in [0.2, 0.25) is 0 Å². The van der Waals surface area contributed by atoms with Crippen LogP contribution in [0.25, 0.3) is 0 Å². The summed E-state index contributed by atoms with van der Waals surface area (Å²) in [6, 6.07) is 9.63. The zero-order valence-corrected chi connectivity index (χ0v) is 43.2. The van der Waals surface area contributed by atoms with Crippen molar-refractivity contribution in [2.75, 3.05) is 11.5 Å². The summed E-state index contributed by atoms with van der Waals surface area (Å²) in [7, 11) is 0. The Morgan fingerprint density at radius 2 is 0.812 bits per heavy atom. The Morgan fingerprint density at radius 3 is 1.15 bits per heavy atom. The highest BCUT2D eigenvalue weighted by atomic mass is 32.2. The predicted molar refractivity (Wildman–Crippen MR) is 239 cm³/mol. The van der Waals surface area contributed by atoms with Gasteiger partial charge in [-0.1, -0.05) is 51.5 Å². The summed E-state index contributed by atoms with van der Waals surface area (Å²) in [5, 5.41) is 0. The molecule has 0 radical (unpaired) electrons. The van der Waals surface area contributed by atoms with Crippen LogP contribution in [0.5, 0.6) is 11.5 Å². The predicted octanol–water partition coefficient (Wildman–Crippen LogP) is 18.3. The molecule has 32 heteroatoms. The number of halogens is 26. The maximum Gasteiger partial charge on any atom is 0.460 e. The van der Waals surface area contributed by atoms with E-state index in [4.69, 9.17) is 9.47 Å². The molecule has 1 atom stereocenters. The fourth-order valence-corrected chi connectivity index (χ4v) is 9.04. The zero-order valence-electron chi connectivity index (χ0n) is 41.5. The van der Waals surface area contributed by atoms with Gasteiger partial charge in [0.1, 0.15) is 11.5 Å². The number of rotatable bonds is 27. The van der Waals surface area contributed by atoms with Crippen molar-refractivity contribution in [3.63, 3.8) is 0 Å². The molecule has 0 aliphatic carbocycles. The van der Waals surface area contributed by atoms with Crippen molar-refractivity contribution >= 4 is 35.5 Å². The first-order valence-corrected chi connectivity index (χ1v) is 25.2. The van der Waals surface area contributed by atoms with Gasteiger partial charge in [-0.05, 0) is 97.1 Å². The molecular weight excluding hydrogens is 1200 g/mol. The van der Waals surface area contributed by atoms with Gasteiger partial charge in [-0.3, -0.25) is 0 Å². The van der Waals surface area contributed by atoms with Crippen LogP contribution in [0, 0.1) is 13.8 Å². The van der Waals surface area contributed by atoms with Crippen molar-refractivity contribution in [1.82, 2.24) is 0 Å². The molecule has 0 heterocycles. The Labute approximate surface area is 446 Å². The first kappa shape index (κ1) is 69.7. The van der Waals surface area contributed by atoms with Gasteiger partial charge in [-0.25, -0.2) is 9.59 Å². The number of hydrogen-bond acceptors (Lipinski definition) is 6. The van der Waals surface area contributed by atoms with E-state index >= 15 is 0 Å². The number of aryl methyl sites for hydroxylation is 3. The lowest BCUT2D eigenvalue weighted by molar-refractivity contribution is -0.439. The normalized spacial score (nSPS) is 14.6. The average molecular weight is 1240 g/mol. The number of esters is 2. The molecule has 0 amide bonds. The third-order valence-electron chi connectivity index (χ3n) is 12.2. The van der Waals surface area contributed by atoms with Gasteiger partial charge >= 0.3 is 83.5 Å². The second-order valence-corrected chi connectivity index (χ2v) is 20.3. The fraction of sp³-hybridized carbons (Fsp3) is 0.583. The molecule has 0 aromatic heterocycles. The van der Waals surface area contributed by atoms with Crippen LogP contribution in [0.4, 0.5) is 114 Å². The van der Waals surface area contributed by atoms with Gasteiger partial charge in [0.25, 0.3) is 0 Å². The SMILES string of the molecule is CCCCc1cc(C)c(OC(=O)c2ccc(C(=O)Oc3c(C)cc(C(C)CC)cc3CSCCC(F)(F)C(F)(F)C(F)(F)C(F)(F)C(F)(F)C(F)(F)F)cc2)c(CSCCC(F)(F)C(F)(F)C(F)(F)C(F)(F)C(F)(F)C(F)(F)F)c1. The van der Waals surface area contributed by atoms with E-state index in [2.05, 4.69) is 0 Å². The van der Waals surface area contributed by atoms with E-state index in [1.807, 2.05) is 0 Å². The molecule has 0 saturated carbocycles. The van der Waals surface area contributed by atoms with E-state index in [0.29, 0.717) is 36.8 Å². The lowest BCUT2D eigenvalue weighted by Gasteiger charge is -2.39. The van der Waals surface area contributed by atoms with Crippen molar-refractivity contribution in [2.45, 2.75) is 162 Å². The number of benzene rings is 3. The summed E-state index contributed by atoms with van der Waals surface area (Å²) in [4.78, 5) is 26.9. The number of alkyl halides is 26. The molecule has 1 unspecified atom stereocenters. The minimum absolute atomic E-state index is 0.0554. The molecule has 0 bridgehead atoms. The van der Waals surface area contributed by atoms with Crippen LogP contribution in [0.15, 0.2) is 48.5 Å². The van der Waals surface area contributed by atoms with Gasteiger partial charge in [0.05, 0.1) is 11.1 Å². The summed E-state index contributed by atoms with van der Waals surface area (Å²) in [6.45, 7) is 7.96. The molecule has 3 aromatic carbocycles. The molecule has 454 valence electrons. The molecule has 3 aromatic rings. The Balaban J connectivity index is 1.85. The van der Waals surface area contributed by atoms with E-state index in [1.54, 1.807) is 20.8 Å². The molecule has 0 spiro atoms. The van der Waals surface area contributed by atoms with Crippen molar-refractivity contribution in [3.05, 3.63) is 93.0 Å². The largest absolute Gasteiger partial charge is 0.460 e. The van der Waals surface area contributed by atoms with Crippen LogP contribution in [0.3, 0.4) is 0 Å². The minimum Gasteiger partial charge on any atom is -0.422 e. The van der Waals surface area contributed by atoms with E-state index < -0.39 is 119 Å². The number of thioether (sulfide) groups is 2. The summed E-state index contributed by atoms with van der Waals surface area (Å²) < 4.78 is 366. The number of carbonyl (C=O) groups excluding carboxylic acids is 2. The van der Waals surface area contributed by atoms with Gasteiger partial charge < -0.3 is 9.47 Å². The van der Waals surface area contributed by atoms with E-state index in [-0.39, 0.29) is 74.3 Å². The lowest BCUT2D eigenvalue weighted by Crippen LogP contribution is -2.70. The smallest absolute Gasteiger partial charge is 0.422 e. The topological polar surface area (TPSA) is 52.6 Å². The molecule has 0 aliphatic rings. The minimum atomic E-state index is -8.07. The Bertz CT molecular complexity index is 2630. The third kappa shape index (κ3) is 13.4. The number of unbranched alkanes of at least 4 members (excludes halogenated alkanes) is 1.